The molecule has 0 aliphatic heterocycles. The van der Waals surface area contributed by atoms with Crippen LogP contribution in [0.5, 0.6) is 0 Å². The molecule has 4 rings (SSSR count). The number of hydrogen-bond acceptors (Lipinski definition) is 8. The van der Waals surface area contributed by atoms with E-state index in [1.807, 2.05) is 36.4 Å². The Hall–Kier alpha value is -3.84. The molecule has 0 bridgehead atoms. The van der Waals surface area contributed by atoms with E-state index in [1.165, 1.54) is 28.2 Å². The molecular formula is C16H10N8OS. The largest absolute Gasteiger partial charge is 0.382 e. The number of fused-ring (bicyclic) bond motifs is 1. The van der Waals surface area contributed by atoms with E-state index in [1.54, 1.807) is 0 Å². The lowest BCUT2D eigenvalue weighted by Crippen LogP contribution is -2.12. The first-order valence-electron chi connectivity index (χ1n) is 7.40. The number of nitriles is 1. The minimum Gasteiger partial charge on any atom is -0.382 e. The van der Waals surface area contributed by atoms with Crippen LogP contribution in [0, 0.1) is 11.3 Å². The molecular weight excluding hydrogens is 352 g/mol. The fraction of sp³-hybridized carbons (Fsp3) is 0. The number of benzene rings is 1. The van der Waals surface area contributed by atoms with Gasteiger partial charge in [-0.25, -0.2) is 4.98 Å². The molecule has 1 amide bonds. The van der Waals surface area contributed by atoms with Gasteiger partial charge in [-0.3, -0.25) is 10.1 Å². The predicted octanol–water partition coefficient (Wildman–Crippen LogP) is 1.95. The molecule has 4 aromatic rings. The molecule has 0 aliphatic rings. The molecule has 1 aromatic carbocycles. The van der Waals surface area contributed by atoms with Crippen molar-refractivity contribution in [1.29, 1.82) is 5.26 Å². The molecule has 126 valence electrons. The smallest absolute Gasteiger partial charge is 0.262 e. The number of anilines is 2. The minimum atomic E-state index is -0.438. The molecule has 0 atom stereocenters. The lowest BCUT2D eigenvalue weighted by atomic mass is 10.2. The van der Waals surface area contributed by atoms with E-state index in [2.05, 4.69) is 25.6 Å². The molecule has 3 N–H and O–H groups in total. The molecule has 10 heteroatoms. The standard InChI is InChI=1S/C16H10N8OS/c17-6-10-7-19-13-11(8-20-24(13)12(10)18)14(25)21-16-23-22-15(26-16)9-4-2-1-3-5-9/h1-5,7-8H,18H2,(H,21,23,25). The second kappa shape index (κ2) is 6.23. The van der Waals surface area contributed by atoms with Gasteiger partial charge in [0.1, 0.15) is 28.0 Å². The fourth-order valence-electron chi connectivity index (χ4n) is 2.33. The summed E-state index contributed by atoms with van der Waals surface area (Å²) in [4.78, 5) is 16.6. The Kier molecular flexibility index (Phi) is 3.75. The lowest BCUT2D eigenvalue weighted by Gasteiger charge is -2.01. The maximum atomic E-state index is 12.5. The molecule has 0 saturated carbocycles. The van der Waals surface area contributed by atoms with Crippen LogP contribution in [0.4, 0.5) is 10.9 Å². The summed E-state index contributed by atoms with van der Waals surface area (Å²) < 4.78 is 1.25. The maximum Gasteiger partial charge on any atom is 0.262 e. The van der Waals surface area contributed by atoms with Gasteiger partial charge >= 0.3 is 0 Å². The Morgan fingerprint density at radius 3 is 2.81 bits per heavy atom. The van der Waals surface area contributed by atoms with E-state index >= 15 is 0 Å². The van der Waals surface area contributed by atoms with Gasteiger partial charge in [0.2, 0.25) is 5.13 Å². The molecule has 9 nitrogen and oxygen atoms in total. The third-order valence-corrected chi connectivity index (χ3v) is 4.48. The molecule has 0 radical (unpaired) electrons. The minimum absolute atomic E-state index is 0.124. The number of rotatable bonds is 3. The SMILES string of the molecule is N#Cc1cnc2c(C(=O)Nc3nnc(-c4ccccc4)s3)cnn2c1N. The van der Waals surface area contributed by atoms with Crippen LogP contribution in [0.1, 0.15) is 15.9 Å². The van der Waals surface area contributed by atoms with E-state index in [-0.39, 0.29) is 22.6 Å². The van der Waals surface area contributed by atoms with Gasteiger partial charge in [0.05, 0.1) is 12.4 Å². The normalized spacial score (nSPS) is 10.6. The average molecular weight is 362 g/mol. The van der Waals surface area contributed by atoms with Crippen LogP contribution in [0.15, 0.2) is 42.7 Å². The topological polar surface area (TPSA) is 135 Å². The highest BCUT2D eigenvalue weighted by atomic mass is 32.1. The maximum absolute atomic E-state index is 12.5. The number of nitrogens with two attached hydrogens (primary N) is 1. The summed E-state index contributed by atoms with van der Waals surface area (Å²) in [5, 5.41) is 24.8. The second-order valence-corrected chi connectivity index (χ2v) is 6.17. The molecule has 26 heavy (non-hydrogen) atoms. The summed E-state index contributed by atoms with van der Waals surface area (Å²) >= 11 is 1.26. The first-order chi connectivity index (χ1) is 12.7. The van der Waals surface area contributed by atoms with E-state index in [4.69, 9.17) is 11.0 Å². The van der Waals surface area contributed by atoms with Crippen molar-refractivity contribution in [2.24, 2.45) is 0 Å². The van der Waals surface area contributed by atoms with Gasteiger partial charge in [-0.2, -0.15) is 14.9 Å². The van der Waals surface area contributed by atoms with Crippen molar-refractivity contribution in [2.75, 3.05) is 11.1 Å². The molecule has 0 aliphatic carbocycles. The molecule has 3 heterocycles. The fourth-order valence-corrected chi connectivity index (χ4v) is 3.07. The Labute approximate surface area is 150 Å². The Morgan fingerprint density at radius 1 is 1.23 bits per heavy atom. The molecule has 0 fully saturated rings. The predicted molar refractivity (Wildman–Crippen MR) is 95.4 cm³/mol. The van der Waals surface area contributed by atoms with Gasteiger partial charge in [-0.05, 0) is 0 Å². The van der Waals surface area contributed by atoms with Crippen LogP contribution in [0.2, 0.25) is 0 Å². The van der Waals surface area contributed by atoms with E-state index in [0.717, 1.165) is 5.56 Å². The van der Waals surface area contributed by atoms with E-state index < -0.39 is 5.91 Å². The van der Waals surface area contributed by atoms with Crippen molar-refractivity contribution in [3.05, 3.63) is 53.9 Å². The summed E-state index contributed by atoms with van der Waals surface area (Å²) in [5.41, 5.74) is 7.43. The Balaban J connectivity index is 1.62. The number of nitrogen functional groups attached to an aromatic ring is 1. The quantitative estimate of drug-likeness (QED) is 0.568. The molecule has 0 saturated heterocycles. The van der Waals surface area contributed by atoms with Crippen LogP contribution in [0.25, 0.3) is 16.2 Å². The highest BCUT2D eigenvalue weighted by Gasteiger charge is 2.18. The van der Waals surface area contributed by atoms with Crippen molar-refractivity contribution < 1.29 is 4.79 Å². The van der Waals surface area contributed by atoms with Gasteiger partial charge in [0, 0.05) is 5.56 Å². The second-order valence-electron chi connectivity index (χ2n) is 5.20. The average Bonchev–Trinajstić information content (AvgIpc) is 3.30. The number of nitrogens with zero attached hydrogens (tertiary/aromatic N) is 6. The van der Waals surface area contributed by atoms with Crippen LogP contribution < -0.4 is 11.1 Å². The number of amides is 1. The zero-order chi connectivity index (χ0) is 18.1. The van der Waals surface area contributed by atoms with Crippen molar-refractivity contribution in [2.45, 2.75) is 0 Å². The number of nitrogens with one attached hydrogen (secondary N) is 1. The summed E-state index contributed by atoms with van der Waals surface area (Å²) in [6.45, 7) is 0. The monoisotopic (exact) mass is 362 g/mol. The third kappa shape index (κ3) is 2.62. The van der Waals surface area contributed by atoms with Gasteiger partial charge < -0.3 is 5.73 Å². The van der Waals surface area contributed by atoms with Crippen LogP contribution in [0.3, 0.4) is 0 Å². The molecule has 0 spiro atoms. The summed E-state index contributed by atoms with van der Waals surface area (Å²) in [6.07, 6.45) is 2.65. The molecule has 0 unspecified atom stereocenters. The Morgan fingerprint density at radius 2 is 2.04 bits per heavy atom. The first-order valence-corrected chi connectivity index (χ1v) is 8.21. The lowest BCUT2D eigenvalue weighted by molar-refractivity contribution is 0.102. The van der Waals surface area contributed by atoms with Crippen LogP contribution >= 0.6 is 11.3 Å². The van der Waals surface area contributed by atoms with E-state index in [9.17, 15) is 4.79 Å². The van der Waals surface area contributed by atoms with Crippen molar-refractivity contribution in [1.82, 2.24) is 24.8 Å². The number of hydrogen-bond donors (Lipinski definition) is 2. The summed E-state index contributed by atoms with van der Waals surface area (Å²) in [7, 11) is 0. The Bertz CT molecular complexity index is 1160. The third-order valence-electron chi connectivity index (χ3n) is 3.60. The van der Waals surface area contributed by atoms with Crippen LogP contribution in [-0.2, 0) is 0 Å². The van der Waals surface area contributed by atoms with E-state index in [0.29, 0.717) is 10.1 Å². The van der Waals surface area contributed by atoms with Gasteiger partial charge in [-0.15, -0.1) is 10.2 Å². The number of carbonyl (C=O) groups excluding carboxylic acids is 1. The van der Waals surface area contributed by atoms with Crippen molar-refractivity contribution in [3.63, 3.8) is 0 Å². The van der Waals surface area contributed by atoms with Crippen molar-refractivity contribution >= 4 is 33.8 Å². The highest BCUT2D eigenvalue weighted by molar-refractivity contribution is 7.18. The van der Waals surface area contributed by atoms with Crippen molar-refractivity contribution in [3.8, 4) is 16.6 Å². The van der Waals surface area contributed by atoms with Gasteiger partial charge in [-0.1, -0.05) is 41.7 Å². The number of carbonyl (C=O) groups is 1. The highest BCUT2D eigenvalue weighted by Crippen LogP contribution is 2.26. The summed E-state index contributed by atoms with van der Waals surface area (Å²) in [6, 6.07) is 11.5. The van der Waals surface area contributed by atoms with Gasteiger partial charge in [0.15, 0.2) is 5.65 Å². The summed E-state index contributed by atoms with van der Waals surface area (Å²) in [5.74, 6) is -0.314. The first kappa shape index (κ1) is 15.7. The number of aromatic nitrogens is 5. The zero-order valence-electron chi connectivity index (χ0n) is 13.1. The van der Waals surface area contributed by atoms with Gasteiger partial charge in [0.25, 0.3) is 5.91 Å². The van der Waals surface area contributed by atoms with Crippen LogP contribution in [-0.4, -0.2) is 30.7 Å². The zero-order valence-corrected chi connectivity index (χ0v) is 13.9. The molecule has 3 aromatic heterocycles.